The van der Waals surface area contributed by atoms with Crippen molar-refractivity contribution in [1.82, 2.24) is 5.32 Å². The van der Waals surface area contributed by atoms with Crippen LogP contribution in [-0.2, 0) is 11.2 Å². The molecule has 0 saturated carbocycles. The fourth-order valence-electron chi connectivity index (χ4n) is 2.33. The molecule has 0 radical (unpaired) electrons. The summed E-state index contributed by atoms with van der Waals surface area (Å²) in [4.78, 5) is 10.9. The third-order valence-electron chi connectivity index (χ3n) is 3.25. The molecule has 0 bridgehead atoms. The van der Waals surface area contributed by atoms with E-state index in [1.807, 2.05) is 6.07 Å². The van der Waals surface area contributed by atoms with E-state index in [9.17, 15) is 4.79 Å². The monoisotopic (exact) mass is 245 g/mol. The first-order valence-corrected chi connectivity index (χ1v) is 6.31. The summed E-state index contributed by atoms with van der Waals surface area (Å²) in [5.74, 6) is 0.898. The maximum atomic E-state index is 10.9. The van der Waals surface area contributed by atoms with Crippen molar-refractivity contribution in [3.8, 4) is 5.75 Å². The fraction of sp³-hybridized carbons (Fsp3) is 0.400. The molecule has 1 aromatic rings. The lowest BCUT2D eigenvalue weighted by Gasteiger charge is -2.20. The van der Waals surface area contributed by atoms with Gasteiger partial charge in [0.2, 0.25) is 5.91 Å². The minimum Gasteiger partial charge on any atom is -0.497 e. The van der Waals surface area contributed by atoms with Gasteiger partial charge in [-0.2, -0.15) is 0 Å². The Morgan fingerprint density at radius 1 is 1.44 bits per heavy atom. The standard InChI is InChI=1S/C15H19NO2/c1-11(17)16-9-8-13-5-3-4-12-6-7-14(18-2)10-15(12)13/h6-8,10H,3-5,9H2,1-2H3,(H,16,17)/b13-8+. The van der Waals surface area contributed by atoms with Crippen LogP contribution in [0.2, 0.25) is 0 Å². The highest BCUT2D eigenvalue weighted by Crippen LogP contribution is 2.32. The van der Waals surface area contributed by atoms with E-state index < -0.39 is 0 Å². The van der Waals surface area contributed by atoms with Crippen LogP contribution < -0.4 is 10.1 Å². The van der Waals surface area contributed by atoms with Crippen molar-refractivity contribution in [2.45, 2.75) is 26.2 Å². The molecule has 0 spiro atoms. The van der Waals surface area contributed by atoms with Gasteiger partial charge in [-0.15, -0.1) is 0 Å². The highest BCUT2D eigenvalue weighted by molar-refractivity contribution is 5.74. The summed E-state index contributed by atoms with van der Waals surface area (Å²) in [5.41, 5.74) is 3.95. The number of ether oxygens (including phenoxy) is 1. The number of hydrogen-bond donors (Lipinski definition) is 1. The summed E-state index contributed by atoms with van der Waals surface area (Å²) in [6.45, 7) is 2.14. The van der Waals surface area contributed by atoms with Gasteiger partial charge in [-0.25, -0.2) is 0 Å². The van der Waals surface area contributed by atoms with Crippen molar-refractivity contribution in [2.24, 2.45) is 0 Å². The van der Waals surface area contributed by atoms with Crippen molar-refractivity contribution in [3.63, 3.8) is 0 Å². The van der Waals surface area contributed by atoms with Gasteiger partial charge in [-0.1, -0.05) is 12.1 Å². The van der Waals surface area contributed by atoms with Crippen LogP contribution in [0.3, 0.4) is 0 Å². The molecule has 0 aliphatic heterocycles. The van der Waals surface area contributed by atoms with Crippen LogP contribution in [-0.4, -0.2) is 19.6 Å². The highest BCUT2D eigenvalue weighted by Gasteiger charge is 2.14. The quantitative estimate of drug-likeness (QED) is 0.888. The van der Waals surface area contributed by atoms with Gasteiger partial charge in [-0.05, 0) is 48.1 Å². The number of benzene rings is 1. The normalized spacial score (nSPS) is 16.2. The van der Waals surface area contributed by atoms with Crippen molar-refractivity contribution >= 4 is 11.5 Å². The van der Waals surface area contributed by atoms with E-state index in [4.69, 9.17) is 4.74 Å². The number of amides is 1. The summed E-state index contributed by atoms with van der Waals surface area (Å²) >= 11 is 0. The minimum atomic E-state index is 0.00789. The Morgan fingerprint density at radius 3 is 3.00 bits per heavy atom. The van der Waals surface area contributed by atoms with Crippen molar-refractivity contribution in [2.75, 3.05) is 13.7 Å². The Hall–Kier alpha value is -1.77. The molecular weight excluding hydrogens is 226 g/mol. The molecule has 0 fully saturated rings. The maximum Gasteiger partial charge on any atom is 0.217 e. The van der Waals surface area contributed by atoms with E-state index in [1.165, 1.54) is 30.0 Å². The Kier molecular flexibility index (Phi) is 4.03. The van der Waals surface area contributed by atoms with Crippen LogP contribution in [0.25, 0.3) is 5.57 Å². The molecule has 1 amide bonds. The molecule has 3 heteroatoms. The minimum absolute atomic E-state index is 0.00789. The van der Waals surface area contributed by atoms with Crippen LogP contribution in [0.1, 0.15) is 30.9 Å². The number of fused-ring (bicyclic) bond motifs is 1. The second-order valence-corrected chi connectivity index (χ2v) is 4.54. The molecule has 0 saturated heterocycles. The largest absolute Gasteiger partial charge is 0.497 e. The molecular formula is C15H19NO2. The summed E-state index contributed by atoms with van der Waals surface area (Å²) in [6, 6.07) is 6.24. The molecule has 1 N–H and O–H groups in total. The molecule has 1 aliphatic carbocycles. The van der Waals surface area contributed by atoms with Gasteiger partial charge in [0.25, 0.3) is 0 Å². The van der Waals surface area contributed by atoms with E-state index in [0.29, 0.717) is 6.54 Å². The molecule has 0 atom stereocenters. The van der Waals surface area contributed by atoms with Crippen LogP contribution in [0, 0.1) is 0 Å². The van der Waals surface area contributed by atoms with Gasteiger partial charge in [0.1, 0.15) is 5.75 Å². The number of aryl methyl sites for hydroxylation is 1. The van der Waals surface area contributed by atoms with Gasteiger partial charge in [-0.3, -0.25) is 4.79 Å². The number of rotatable bonds is 3. The zero-order valence-electron chi connectivity index (χ0n) is 11.0. The number of carbonyl (C=O) groups excluding carboxylic acids is 1. The third kappa shape index (κ3) is 2.92. The van der Waals surface area contributed by atoms with Crippen LogP contribution in [0.4, 0.5) is 0 Å². The Labute approximate surface area is 108 Å². The smallest absolute Gasteiger partial charge is 0.217 e. The van der Waals surface area contributed by atoms with Crippen LogP contribution >= 0.6 is 0 Å². The predicted octanol–water partition coefficient (Wildman–Crippen LogP) is 2.55. The Balaban J connectivity index is 2.22. The number of hydrogen-bond acceptors (Lipinski definition) is 2. The number of methoxy groups -OCH3 is 1. The molecule has 18 heavy (non-hydrogen) atoms. The van der Waals surface area contributed by atoms with Crippen molar-refractivity contribution < 1.29 is 9.53 Å². The van der Waals surface area contributed by atoms with E-state index in [0.717, 1.165) is 18.6 Å². The third-order valence-corrected chi connectivity index (χ3v) is 3.25. The zero-order valence-corrected chi connectivity index (χ0v) is 11.0. The second kappa shape index (κ2) is 5.71. The summed E-state index contributed by atoms with van der Waals surface area (Å²) in [6.07, 6.45) is 5.47. The summed E-state index contributed by atoms with van der Waals surface area (Å²) in [7, 11) is 1.69. The molecule has 0 heterocycles. The maximum absolute atomic E-state index is 10.9. The van der Waals surface area contributed by atoms with Gasteiger partial charge in [0, 0.05) is 13.5 Å². The van der Waals surface area contributed by atoms with Crippen molar-refractivity contribution in [1.29, 1.82) is 0 Å². The van der Waals surface area contributed by atoms with E-state index in [-0.39, 0.29) is 5.91 Å². The van der Waals surface area contributed by atoms with E-state index in [1.54, 1.807) is 7.11 Å². The highest BCUT2D eigenvalue weighted by atomic mass is 16.5. The lowest BCUT2D eigenvalue weighted by Crippen LogP contribution is -2.19. The Morgan fingerprint density at radius 2 is 2.28 bits per heavy atom. The summed E-state index contributed by atoms with van der Waals surface area (Å²) in [5, 5.41) is 2.81. The van der Waals surface area contributed by atoms with Crippen LogP contribution in [0.5, 0.6) is 5.75 Å². The lowest BCUT2D eigenvalue weighted by molar-refractivity contribution is -0.118. The average molecular weight is 245 g/mol. The number of allylic oxidation sites excluding steroid dienone is 1. The predicted molar refractivity (Wildman–Crippen MR) is 72.6 cm³/mol. The van der Waals surface area contributed by atoms with Gasteiger partial charge >= 0.3 is 0 Å². The first-order chi connectivity index (χ1) is 8.70. The fourth-order valence-corrected chi connectivity index (χ4v) is 2.33. The lowest BCUT2D eigenvalue weighted by atomic mass is 9.87. The van der Waals surface area contributed by atoms with Gasteiger partial charge in [0.05, 0.1) is 7.11 Å². The van der Waals surface area contributed by atoms with E-state index in [2.05, 4.69) is 23.5 Å². The molecule has 96 valence electrons. The molecule has 1 aliphatic rings. The molecule has 2 rings (SSSR count). The molecule has 1 aromatic carbocycles. The second-order valence-electron chi connectivity index (χ2n) is 4.54. The van der Waals surface area contributed by atoms with Gasteiger partial charge in [0.15, 0.2) is 0 Å². The van der Waals surface area contributed by atoms with Crippen molar-refractivity contribution in [3.05, 3.63) is 35.4 Å². The average Bonchev–Trinajstić information content (AvgIpc) is 2.38. The number of carbonyl (C=O) groups is 1. The SMILES string of the molecule is COc1ccc2c(c1)/C(=C/CNC(C)=O)CCC2. The first kappa shape index (κ1) is 12.7. The first-order valence-electron chi connectivity index (χ1n) is 6.31. The Bertz CT molecular complexity index is 477. The van der Waals surface area contributed by atoms with Gasteiger partial charge < -0.3 is 10.1 Å². The molecule has 0 unspecified atom stereocenters. The van der Waals surface area contributed by atoms with Crippen LogP contribution in [0.15, 0.2) is 24.3 Å². The molecule has 0 aromatic heterocycles. The van der Waals surface area contributed by atoms with E-state index >= 15 is 0 Å². The topological polar surface area (TPSA) is 38.3 Å². The zero-order chi connectivity index (χ0) is 13.0. The number of nitrogens with one attached hydrogen (secondary N) is 1. The summed E-state index contributed by atoms with van der Waals surface area (Å²) < 4.78 is 5.27. The molecule has 3 nitrogen and oxygen atoms in total.